The smallest absolute Gasteiger partial charge is 0.0244 e. The van der Waals surface area contributed by atoms with Crippen LogP contribution in [0, 0.1) is 11.8 Å². The van der Waals surface area contributed by atoms with Crippen molar-refractivity contribution in [1.29, 1.82) is 0 Å². The van der Waals surface area contributed by atoms with Crippen LogP contribution in [0.15, 0.2) is 0 Å². The maximum absolute atomic E-state index is 3.75. The summed E-state index contributed by atoms with van der Waals surface area (Å²) < 4.78 is 0. The van der Waals surface area contributed by atoms with Gasteiger partial charge in [-0.1, -0.05) is 33.6 Å². The summed E-state index contributed by atoms with van der Waals surface area (Å²) in [5, 5.41) is 3.75. The zero-order valence-corrected chi connectivity index (χ0v) is 11.9. The van der Waals surface area contributed by atoms with Crippen molar-refractivity contribution in [3.63, 3.8) is 0 Å². The summed E-state index contributed by atoms with van der Waals surface area (Å²) in [6, 6.07) is 1.51. The molecule has 1 saturated carbocycles. The fourth-order valence-corrected chi connectivity index (χ4v) is 3.32. The first-order valence-corrected chi connectivity index (χ1v) is 7.68. The Balaban J connectivity index is 1.88. The molecule has 2 heteroatoms. The van der Waals surface area contributed by atoms with Gasteiger partial charge in [-0.3, -0.25) is 4.90 Å². The van der Waals surface area contributed by atoms with Gasteiger partial charge in [-0.15, -0.1) is 0 Å². The van der Waals surface area contributed by atoms with Gasteiger partial charge in [-0.25, -0.2) is 0 Å². The highest BCUT2D eigenvalue weighted by atomic mass is 15.2. The summed E-state index contributed by atoms with van der Waals surface area (Å²) in [5.74, 6) is 1.79. The molecule has 0 radical (unpaired) electrons. The molecule has 1 aliphatic heterocycles. The third-order valence-corrected chi connectivity index (χ3v) is 4.66. The van der Waals surface area contributed by atoms with Crippen LogP contribution in [0.3, 0.4) is 0 Å². The molecule has 2 nitrogen and oxygen atoms in total. The van der Waals surface area contributed by atoms with Crippen LogP contribution < -0.4 is 5.32 Å². The van der Waals surface area contributed by atoms with E-state index in [9.17, 15) is 0 Å². The van der Waals surface area contributed by atoms with Crippen molar-refractivity contribution in [2.24, 2.45) is 11.8 Å². The highest BCUT2D eigenvalue weighted by Crippen LogP contribution is 2.29. The highest BCUT2D eigenvalue weighted by molar-refractivity contribution is 4.89. The lowest BCUT2D eigenvalue weighted by atomic mass is 9.84. The zero-order chi connectivity index (χ0) is 12.3. The van der Waals surface area contributed by atoms with Crippen LogP contribution in [-0.4, -0.2) is 36.6 Å². The molecule has 2 atom stereocenters. The second kappa shape index (κ2) is 6.19. The summed E-state index contributed by atoms with van der Waals surface area (Å²) in [6.07, 6.45) is 7.08. The van der Waals surface area contributed by atoms with E-state index in [-0.39, 0.29) is 0 Å². The minimum atomic E-state index is 0.745. The van der Waals surface area contributed by atoms with Gasteiger partial charge in [-0.05, 0) is 31.1 Å². The molecule has 0 amide bonds. The van der Waals surface area contributed by atoms with Gasteiger partial charge >= 0.3 is 0 Å². The molecule has 0 bridgehead atoms. The van der Waals surface area contributed by atoms with E-state index in [2.05, 4.69) is 31.0 Å². The van der Waals surface area contributed by atoms with Gasteiger partial charge in [0.15, 0.2) is 0 Å². The first-order valence-electron chi connectivity index (χ1n) is 7.68. The summed E-state index contributed by atoms with van der Waals surface area (Å²) in [6.45, 7) is 10.9. The minimum Gasteiger partial charge on any atom is -0.311 e. The van der Waals surface area contributed by atoms with E-state index in [1.807, 2.05) is 0 Å². The van der Waals surface area contributed by atoms with Crippen molar-refractivity contribution in [2.75, 3.05) is 19.6 Å². The molecule has 2 fully saturated rings. The molecule has 0 aromatic heterocycles. The van der Waals surface area contributed by atoms with Crippen LogP contribution in [0.1, 0.15) is 52.9 Å². The van der Waals surface area contributed by atoms with Crippen LogP contribution in [-0.2, 0) is 0 Å². The van der Waals surface area contributed by atoms with Gasteiger partial charge in [0.25, 0.3) is 0 Å². The van der Waals surface area contributed by atoms with E-state index in [0.717, 1.165) is 23.9 Å². The third-order valence-electron chi connectivity index (χ3n) is 4.66. The molecule has 1 N–H and O–H groups in total. The van der Waals surface area contributed by atoms with Crippen molar-refractivity contribution in [2.45, 2.75) is 65.0 Å². The third kappa shape index (κ3) is 3.45. The topological polar surface area (TPSA) is 15.3 Å². The molecule has 1 heterocycles. The van der Waals surface area contributed by atoms with E-state index >= 15 is 0 Å². The number of hydrogen-bond acceptors (Lipinski definition) is 2. The fourth-order valence-electron chi connectivity index (χ4n) is 3.32. The number of rotatable bonds is 5. The lowest BCUT2D eigenvalue weighted by Crippen LogP contribution is -2.59. The Bertz CT molecular complexity index is 223. The van der Waals surface area contributed by atoms with Crippen molar-refractivity contribution >= 4 is 0 Å². The van der Waals surface area contributed by atoms with Crippen molar-refractivity contribution < 1.29 is 0 Å². The summed E-state index contributed by atoms with van der Waals surface area (Å²) in [5.41, 5.74) is 0. The monoisotopic (exact) mass is 238 g/mol. The standard InChI is InChI=1S/C15H30N2/c1-4-6-14-11-17(10-13-7-5-8-13)15(9-16-14)12(2)3/h12-16H,4-11H2,1-3H3. The number of nitrogens with one attached hydrogen (secondary N) is 1. The first-order chi connectivity index (χ1) is 8.20. The Morgan fingerprint density at radius 1 is 1.29 bits per heavy atom. The Morgan fingerprint density at radius 2 is 2.06 bits per heavy atom. The van der Waals surface area contributed by atoms with Crippen molar-refractivity contribution in [3.05, 3.63) is 0 Å². The molecule has 0 aromatic carbocycles. The van der Waals surface area contributed by atoms with Gasteiger partial charge in [0.2, 0.25) is 0 Å². The molecule has 100 valence electrons. The number of hydrogen-bond donors (Lipinski definition) is 1. The Hall–Kier alpha value is -0.0800. The van der Waals surface area contributed by atoms with Crippen molar-refractivity contribution in [3.8, 4) is 0 Å². The summed E-state index contributed by atoms with van der Waals surface area (Å²) in [7, 11) is 0. The first kappa shape index (κ1) is 13.4. The molecule has 0 aromatic rings. The normalized spacial score (nSPS) is 31.8. The molecule has 2 rings (SSSR count). The van der Waals surface area contributed by atoms with Gasteiger partial charge in [-0.2, -0.15) is 0 Å². The van der Waals surface area contributed by atoms with Crippen molar-refractivity contribution in [1.82, 2.24) is 10.2 Å². The van der Waals surface area contributed by atoms with Crippen LogP contribution in [0.4, 0.5) is 0 Å². The molecule has 2 unspecified atom stereocenters. The average Bonchev–Trinajstić information content (AvgIpc) is 2.24. The lowest BCUT2D eigenvalue weighted by Gasteiger charge is -2.45. The molecule has 1 aliphatic carbocycles. The Kier molecular flexibility index (Phi) is 4.87. The second-order valence-corrected chi connectivity index (χ2v) is 6.46. The van der Waals surface area contributed by atoms with Crippen LogP contribution in [0.5, 0.6) is 0 Å². The largest absolute Gasteiger partial charge is 0.311 e. The fraction of sp³-hybridized carbons (Fsp3) is 1.00. The number of piperazine rings is 1. The maximum Gasteiger partial charge on any atom is 0.0244 e. The summed E-state index contributed by atoms with van der Waals surface area (Å²) >= 11 is 0. The van der Waals surface area contributed by atoms with Gasteiger partial charge in [0.05, 0.1) is 0 Å². The van der Waals surface area contributed by atoms with Crippen LogP contribution in [0.2, 0.25) is 0 Å². The predicted octanol–water partition coefficient (Wildman–Crippen LogP) is 2.89. The van der Waals surface area contributed by atoms with Gasteiger partial charge in [0, 0.05) is 31.7 Å². The molecule has 0 spiro atoms. The Morgan fingerprint density at radius 3 is 2.59 bits per heavy atom. The highest BCUT2D eigenvalue weighted by Gasteiger charge is 2.32. The van der Waals surface area contributed by atoms with Crippen LogP contribution >= 0.6 is 0 Å². The predicted molar refractivity (Wildman–Crippen MR) is 74.2 cm³/mol. The molecular formula is C15H30N2. The van der Waals surface area contributed by atoms with Crippen LogP contribution in [0.25, 0.3) is 0 Å². The summed E-state index contributed by atoms with van der Waals surface area (Å²) in [4.78, 5) is 2.80. The molecule has 17 heavy (non-hydrogen) atoms. The van der Waals surface area contributed by atoms with E-state index in [1.54, 1.807) is 0 Å². The van der Waals surface area contributed by atoms with E-state index < -0.39 is 0 Å². The lowest BCUT2D eigenvalue weighted by molar-refractivity contribution is 0.0633. The SMILES string of the molecule is CCCC1CN(CC2CCC2)C(C(C)C)CN1. The number of nitrogens with zero attached hydrogens (tertiary/aromatic N) is 1. The molecule has 2 aliphatic rings. The van der Waals surface area contributed by atoms with Gasteiger partial charge in [0.1, 0.15) is 0 Å². The van der Waals surface area contributed by atoms with Gasteiger partial charge < -0.3 is 5.32 Å². The zero-order valence-electron chi connectivity index (χ0n) is 11.9. The quantitative estimate of drug-likeness (QED) is 0.792. The van der Waals surface area contributed by atoms with E-state index in [4.69, 9.17) is 0 Å². The molecule has 1 saturated heterocycles. The average molecular weight is 238 g/mol. The second-order valence-electron chi connectivity index (χ2n) is 6.46. The minimum absolute atomic E-state index is 0.745. The Labute approximate surface area is 107 Å². The maximum atomic E-state index is 3.75. The molecular weight excluding hydrogens is 208 g/mol. The van der Waals surface area contributed by atoms with E-state index in [1.165, 1.54) is 51.7 Å². The van der Waals surface area contributed by atoms with E-state index in [0.29, 0.717) is 0 Å².